The molecule has 0 aliphatic heterocycles. The van der Waals surface area contributed by atoms with Crippen LogP contribution in [0.25, 0.3) is 0 Å². The molecule has 0 aliphatic rings. The summed E-state index contributed by atoms with van der Waals surface area (Å²) in [5.74, 6) is -4.04. The van der Waals surface area contributed by atoms with E-state index < -0.39 is 41.7 Å². The standard InChI is InChI=1S/C10H9F6N/c1-17-9(4-10(14,15)16)5-2-7(12)8(13)3-6(5)11/h2-3,9,17H,4H2,1H3. The highest BCUT2D eigenvalue weighted by Gasteiger charge is 2.33. The fraction of sp³-hybridized carbons (Fsp3) is 0.400. The van der Waals surface area contributed by atoms with Gasteiger partial charge >= 0.3 is 6.18 Å². The monoisotopic (exact) mass is 257 g/mol. The fourth-order valence-electron chi connectivity index (χ4n) is 1.40. The lowest BCUT2D eigenvalue weighted by Gasteiger charge is -2.19. The van der Waals surface area contributed by atoms with E-state index in [9.17, 15) is 26.3 Å². The molecule has 1 nitrogen and oxygen atoms in total. The molecule has 0 spiro atoms. The van der Waals surface area contributed by atoms with E-state index in [-0.39, 0.29) is 6.07 Å². The van der Waals surface area contributed by atoms with Gasteiger partial charge in [0.15, 0.2) is 11.6 Å². The fourth-order valence-corrected chi connectivity index (χ4v) is 1.40. The molecule has 17 heavy (non-hydrogen) atoms. The van der Waals surface area contributed by atoms with Gasteiger partial charge < -0.3 is 5.32 Å². The van der Waals surface area contributed by atoms with Crippen molar-refractivity contribution in [1.29, 1.82) is 0 Å². The van der Waals surface area contributed by atoms with Crippen LogP contribution in [-0.4, -0.2) is 13.2 Å². The molecule has 0 bridgehead atoms. The summed E-state index contributed by atoms with van der Waals surface area (Å²) in [6, 6.07) is -0.798. The second kappa shape index (κ2) is 4.95. The number of benzene rings is 1. The molecule has 0 amide bonds. The van der Waals surface area contributed by atoms with Crippen LogP contribution in [0.15, 0.2) is 12.1 Å². The predicted octanol–water partition coefficient (Wildman–Crippen LogP) is 3.32. The van der Waals surface area contributed by atoms with Gasteiger partial charge in [-0.15, -0.1) is 0 Å². The quantitative estimate of drug-likeness (QED) is 0.647. The average Bonchev–Trinajstić information content (AvgIpc) is 2.19. The molecule has 1 aromatic rings. The molecule has 0 saturated carbocycles. The Hall–Kier alpha value is -1.24. The van der Waals surface area contributed by atoms with Gasteiger partial charge in [0.25, 0.3) is 0 Å². The Bertz CT molecular complexity index is 401. The molecule has 0 heterocycles. The second-order valence-corrected chi connectivity index (χ2v) is 3.45. The molecule has 96 valence electrons. The van der Waals surface area contributed by atoms with Gasteiger partial charge in [0, 0.05) is 17.7 Å². The zero-order valence-electron chi connectivity index (χ0n) is 8.71. The lowest BCUT2D eigenvalue weighted by atomic mass is 10.0. The van der Waals surface area contributed by atoms with Crippen LogP contribution in [0.3, 0.4) is 0 Å². The first-order chi connectivity index (χ1) is 7.74. The first-order valence-electron chi connectivity index (χ1n) is 4.63. The van der Waals surface area contributed by atoms with Crippen LogP contribution < -0.4 is 5.32 Å². The smallest absolute Gasteiger partial charge is 0.313 e. The number of rotatable bonds is 3. The van der Waals surface area contributed by atoms with Crippen molar-refractivity contribution in [2.75, 3.05) is 7.05 Å². The van der Waals surface area contributed by atoms with Crippen molar-refractivity contribution in [3.8, 4) is 0 Å². The Kier molecular flexibility index (Phi) is 4.03. The van der Waals surface area contributed by atoms with E-state index >= 15 is 0 Å². The molecular formula is C10H9F6N. The van der Waals surface area contributed by atoms with Gasteiger partial charge in [-0.3, -0.25) is 0 Å². The van der Waals surface area contributed by atoms with Crippen LogP contribution in [0, 0.1) is 17.5 Å². The Morgan fingerprint density at radius 2 is 1.59 bits per heavy atom. The largest absolute Gasteiger partial charge is 0.390 e. The second-order valence-electron chi connectivity index (χ2n) is 3.45. The number of alkyl halides is 3. The molecule has 1 rings (SSSR count). The van der Waals surface area contributed by atoms with E-state index in [2.05, 4.69) is 5.32 Å². The van der Waals surface area contributed by atoms with E-state index in [1.165, 1.54) is 7.05 Å². The van der Waals surface area contributed by atoms with E-state index in [1.807, 2.05) is 0 Å². The normalized spacial score (nSPS) is 13.8. The maximum Gasteiger partial charge on any atom is 0.390 e. The van der Waals surface area contributed by atoms with Crippen LogP contribution in [0.5, 0.6) is 0 Å². The molecule has 7 heteroatoms. The Morgan fingerprint density at radius 3 is 2.06 bits per heavy atom. The van der Waals surface area contributed by atoms with Crippen molar-refractivity contribution in [3.05, 3.63) is 35.1 Å². The first-order valence-corrected chi connectivity index (χ1v) is 4.63. The summed E-state index contributed by atoms with van der Waals surface area (Å²) in [6.45, 7) is 0. The van der Waals surface area contributed by atoms with Gasteiger partial charge in [0.1, 0.15) is 5.82 Å². The SMILES string of the molecule is CNC(CC(F)(F)F)c1cc(F)c(F)cc1F. The summed E-state index contributed by atoms with van der Waals surface area (Å²) < 4.78 is 75.2. The van der Waals surface area contributed by atoms with Crippen LogP contribution in [0.4, 0.5) is 26.3 Å². The number of hydrogen-bond acceptors (Lipinski definition) is 1. The molecule has 0 saturated heterocycles. The van der Waals surface area contributed by atoms with Crippen molar-refractivity contribution in [3.63, 3.8) is 0 Å². The zero-order chi connectivity index (χ0) is 13.2. The Morgan fingerprint density at radius 1 is 1.06 bits per heavy atom. The summed E-state index contributed by atoms with van der Waals surface area (Å²) in [5.41, 5.74) is -0.552. The maximum atomic E-state index is 13.2. The van der Waals surface area contributed by atoms with Crippen LogP contribution in [0.2, 0.25) is 0 Å². The molecule has 0 aliphatic carbocycles. The van der Waals surface area contributed by atoms with Crippen LogP contribution >= 0.6 is 0 Å². The lowest BCUT2D eigenvalue weighted by molar-refractivity contribution is -0.140. The van der Waals surface area contributed by atoms with Crippen molar-refractivity contribution >= 4 is 0 Å². The summed E-state index contributed by atoms with van der Waals surface area (Å²) in [7, 11) is 1.18. The highest BCUT2D eigenvalue weighted by Crippen LogP contribution is 2.31. The third kappa shape index (κ3) is 3.62. The minimum absolute atomic E-state index is 0.228. The molecule has 1 unspecified atom stereocenters. The van der Waals surface area contributed by atoms with Gasteiger partial charge in [-0.25, -0.2) is 13.2 Å². The molecule has 1 atom stereocenters. The van der Waals surface area contributed by atoms with E-state index in [0.717, 1.165) is 0 Å². The van der Waals surface area contributed by atoms with Crippen LogP contribution in [-0.2, 0) is 0 Å². The molecule has 1 N–H and O–H groups in total. The molecule has 0 fully saturated rings. The van der Waals surface area contributed by atoms with E-state index in [0.29, 0.717) is 6.07 Å². The van der Waals surface area contributed by atoms with E-state index in [4.69, 9.17) is 0 Å². The summed E-state index contributed by atoms with van der Waals surface area (Å²) in [5, 5.41) is 2.21. The van der Waals surface area contributed by atoms with Crippen molar-refractivity contribution in [2.45, 2.75) is 18.6 Å². The maximum absolute atomic E-state index is 13.2. The van der Waals surface area contributed by atoms with Crippen molar-refractivity contribution in [2.24, 2.45) is 0 Å². The van der Waals surface area contributed by atoms with Gasteiger partial charge in [0.2, 0.25) is 0 Å². The molecule has 1 aromatic carbocycles. The molecular weight excluding hydrogens is 248 g/mol. The molecule has 0 radical (unpaired) electrons. The molecule has 0 aromatic heterocycles. The van der Waals surface area contributed by atoms with Gasteiger partial charge in [-0.05, 0) is 13.1 Å². The topological polar surface area (TPSA) is 12.0 Å². The Balaban J connectivity index is 3.08. The van der Waals surface area contributed by atoms with Crippen molar-refractivity contribution in [1.82, 2.24) is 5.32 Å². The van der Waals surface area contributed by atoms with Crippen LogP contribution in [0.1, 0.15) is 18.0 Å². The highest BCUT2D eigenvalue weighted by atomic mass is 19.4. The third-order valence-electron chi connectivity index (χ3n) is 2.20. The number of halogens is 6. The summed E-state index contributed by atoms with van der Waals surface area (Å²) >= 11 is 0. The first kappa shape index (κ1) is 13.8. The summed E-state index contributed by atoms with van der Waals surface area (Å²) in [4.78, 5) is 0. The third-order valence-corrected chi connectivity index (χ3v) is 2.20. The average molecular weight is 257 g/mol. The van der Waals surface area contributed by atoms with Gasteiger partial charge in [0.05, 0.1) is 6.42 Å². The summed E-state index contributed by atoms with van der Waals surface area (Å²) in [6.07, 6.45) is -5.91. The minimum Gasteiger partial charge on any atom is -0.313 e. The number of hydrogen-bond donors (Lipinski definition) is 1. The highest BCUT2D eigenvalue weighted by molar-refractivity contribution is 5.23. The van der Waals surface area contributed by atoms with E-state index in [1.54, 1.807) is 0 Å². The zero-order valence-corrected chi connectivity index (χ0v) is 8.71. The Labute approximate surface area is 93.4 Å². The number of nitrogens with one attached hydrogen (secondary N) is 1. The van der Waals surface area contributed by atoms with Crippen molar-refractivity contribution < 1.29 is 26.3 Å². The predicted molar refractivity (Wildman–Crippen MR) is 48.8 cm³/mol. The van der Waals surface area contributed by atoms with Gasteiger partial charge in [-0.2, -0.15) is 13.2 Å². The lowest BCUT2D eigenvalue weighted by Crippen LogP contribution is -2.24. The minimum atomic E-state index is -4.54. The van der Waals surface area contributed by atoms with Gasteiger partial charge in [-0.1, -0.05) is 0 Å².